The molecule has 2 heterocycles. The Balaban J connectivity index is 1.76. The number of methoxy groups -OCH3 is 1. The molecule has 0 spiro atoms. The number of allylic oxidation sites excluding steroid dienone is 3. The van der Waals surface area contributed by atoms with Crippen molar-refractivity contribution < 1.29 is 9.53 Å². The van der Waals surface area contributed by atoms with E-state index in [2.05, 4.69) is 16.0 Å². The molecule has 2 aromatic heterocycles. The third-order valence-electron chi connectivity index (χ3n) is 5.87. The third-order valence-corrected chi connectivity index (χ3v) is 5.87. The normalized spacial score (nSPS) is 12.6. The molecule has 0 unspecified atom stereocenters. The summed E-state index contributed by atoms with van der Waals surface area (Å²) in [5.41, 5.74) is 6.11. The number of benzene rings is 1. The number of aryl methyl sites for hydroxylation is 1. The molecule has 1 aliphatic carbocycles. The van der Waals surface area contributed by atoms with Gasteiger partial charge in [0.2, 0.25) is 0 Å². The number of rotatable bonds is 8. The van der Waals surface area contributed by atoms with Gasteiger partial charge in [0, 0.05) is 53.8 Å². The number of fused-ring (bicyclic) bond motifs is 1. The molecule has 6 heteroatoms. The zero-order valence-electron chi connectivity index (χ0n) is 19.2. The summed E-state index contributed by atoms with van der Waals surface area (Å²) < 4.78 is 7.38. The van der Waals surface area contributed by atoms with Gasteiger partial charge in [-0.15, -0.1) is 0 Å². The lowest BCUT2D eigenvalue weighted by molar-refractivity contribution is 0.0983. The summed E-state index contributed by atoms with van der Waals surface area (Å²) in [7, 11) is 1.62. The average Bonchev–Trinajstić information content (AvgIpc) is 3.24. The van der Waals surface area contributed by atoms with Gasteiger partial charge in [0.1, 0.15) is 12.1 Å². The fraction of sp³-hybridized carbons (Fsp3) is 0.259. The first-order chi connectivity index (χ1) is 16.0. The van der Waals surface area contributed by atoms with Crippen LogP contribution in [0.2, 0.25) is 0 Å². The minimum Gasteiger partial charge on any atom is -0.496 e. The van der Waals surface area contributed by atoms with Crippen LogP contribution in [0.3, 0.4) is 0 Å². The minimum absolute atomic E-state index is 0.0243. The van der Waals surface area contributed by atoms with Gasteiger partial charge < -0.3 is 9.30 Å². The first-order valence-corrected chi connectivity index (χ1v) is 11.0. The van der Waals surface area contributed by atoms with Crippen molar-refractivity contribution in [1.29, 1.82) is 0 Å². The highest BCUT2D eigenvalue weighted by Gasteiger charge is 2.22. The lowest BCUT2D eigenvalue weighted by Crippen LogP contribution is -2.23. The molecule has 0 N–H and O–H groups in total. The number of carbonyl (C=O) groups excluding carboxylic acids is 1. The van der Waals surface area contributed by atoms with E-state index >= 15 is 0 Å². The van der Waals surface area contributed by atoms with E-state index in [4.69, 9.17) is 4.74 Å². The lowest BCUT2D eigenvalue weighted by Gasteiger charge is -2.16. The number of nitrogens with zero attached hydrogens (tertiary/aromatic N) is 3. The van der Waals surface area contributed by atoms with Crippen molar-refractivity contribution in [2.24, 2.45) is 0 Å². The number of Topliss-reactive ketones (excluding diaryl/α,β-unsaturated/α-hetero) is 1. The fourth-order valence-corrected chi connectivity index (χ4v) is 4.17. The first-order valence-electron chi connectivity index (χ1n) is 11.0. The van der Waals surface area contributed by atoms with Crippen LogP contribution in [0.5, 0.6) is 5.75 Å². The SMILES string of the molecule is C/C=C/Cn1cc(-c2cc(C(=O)CCc3cncnc3)ccc2OC)c2c(c1=O)CC(C)=C2. The molecular formula is C27H27N3O3. The van der Waals surface area contributed by atoms with Crippen LogP contribution in [0, 0.1) is 0 Å². The smallest absolute Gasteiger partial charge is 0.254 e. The maximum Gasteiger partial charge on any atom is 0.254 e. The molecule has 0 saturated carbocycles. The summed E-state index contributed by atoms with van der Waals surface area (Å²) in [4.78, 5) is 34.1. The quantitative estimate of drug-likeness (QED) is 0.375. The zero-order valence-corrected chi connectivity index (χ0v) is 19.2. The second-order valence-corrected chi connectivity index (χ2v) is 8.21. The molecule has 3 aromatic rings. The van der Waals surface area contributed by atoms with Gasteiger partial charge in [0.05, 0.1) is 7.11 Å². The molecule has 0 radical (unpaired) electrons. The number of pyridine rings is 1. The predicted molar refractivity (Wildman–Crippen MR) is 130 cm³/mol. The largest absolute Gasteiger partial charge is 0.496 e. The fourth-order valence-electron chi connectivity index (χ4n) is 4.17. The average molecular weight is 442 g/mol. The summed E-state index contributed by atoms with van der Waals surface area (Å²) in [5.74, 6) is 0.702. The number of hydrogen-bond acceptors (Lipinski definition) is 5. The van der Waals surface area contributed by atoms with Gasteiger partial charge in [-0.3, -0.25) is 9.59 Å². The Bertz CT molecular complexity index is 1300. The van der Waals surface area contributed by atoms with Gasteiger partial charge in [-0.2, -0.15) is 0 Å². The minimum atomic E-state index is 0.0243. The first kappa shape index (κ1) is 22.4. The molecule has 6 nitrogen and oxygen atoms in total. The van der Waals surface area contributed by atoms with E-state index in [9.17, 15) is 9.59 Å². The van der Waals surface area contributed by atoms with Crippen LogP contribution in [0.25, 0.3) is 17.2 Å². The highest BCUT2D eigenvalue weighted by atomic mass is 16.5. The maximum atomic E-state index is 13.0. The number of ketones is 1. The van der Waals surface area contributed by atoms with Gasteiger partial charge in [0.15, 0.2) is 5.78 Å². The molecule has 1 aromatic carbocycles. The third kappa shape index (κ3) is 4.70. The Hall–Kier alpha value is -3.80. The number of hydrogen-bond donors (Lipinski definition) is 0. The van der Waals surface area contributed by atoms with Crippen molar-refractivity contribution >= 4 is 11.9 Å². The molecule has 168 valence electrons. The van der Waals surface area contributed by atoms with Crippen molar-refractivity contribution in [2.45, 2.75) is 39.7 Å². The molecular weight excluding hydrogens is 414 g/mol. The van der Waals surface area contributed by atoms with Crippen LogP contribution in [-0.2, 0) is 19.4 Å². The summed E-state index contributed by atoms with van der Waals surface area (Å²) >= 11 is 0. The van der Waals surface area contributed by atoms with Gasteiger partial charge in [0.25, 0.3) is 5.56 Å². The van der Waals surface area contributed by atoms with Crippen LogP contribution >= 0.6 is 0 Å². The van der Waals surface area contributed by atoms with Crippen LogP contribution in [0.15, 0.2) is 65.6 Å². The second-order valence-electron chi connectivity index (χ2n) is 8.21. The maximum absolute atomic E-state index is 13.0. The van der Waals surface area contributed by atoms with Gasteiger partial charge in [-0.25, -0.2) is 9.97 Å². The standard InChI is InChI=1S/C27H27N3O3/c1-4-5-10-30-16-24(21-11-18(2)12-23(21)27(30)32)22-13-20(7-9-26(22)33-3)25(31)8-6-19-14-28-17-29-15-19/h4-5,7,9,11,13-17H,6,8,10,12H2,1-3H3/b5-4+. The number of aromatic nitrogens is 3. The van der Waals surface area contributed by atoms with E-state index in [1.54, 1.807) is 30.1 Å². The summed E-state index contributed by atoms with van der Waals surface area (Å²) in [6, 6.07) is 5.50. The van der Waals surface area contributed by atoms with E-state index < -0.39 is 0 Å². The van der Waals surface area contributed by atoms with Crippen LogP contribution in [-0.4, -0.2) is 27.4 Å². The Kier molecular flexibility index (Phi) is 6.63. The highest BCUT2D eigenvalue weighted by molar-refractivity contribution is 5.98. The Labute approximate surface area is 193 Å². The van der Waals surface area contributed by atoms with Crippen molar-refractivity contribution in [3.63, 3.8) is 0 Å². The van der Waals surface area contributed by atoms with Crippen molar-refractivity contribution in [3.05, 3.63) is 93.4 Å². The molecule has 4 rings (SSSR count). The van der Waals surface area contributed by atoms with E-state index in [-0.39, 0.29) is 11.3 Å². The van der Waals surface area contributed by atoms with Gasteiger partial charge in [-0.1, -0.05) is 23.8 Å². The van der Waals surface area contributed by atoms with Crippen LogP contribution < -0.4 is 10.3 Å². The van der Waals surface area contributed by atoms with Crippen LogP contribution in [0.4, 0.5) is 0 Å². The van der Waals surface area contributed by atoms with Crippen molar-refractivity contribution in [2.75, 3.05) is 7.11 Å². The monoisotopic (exact) mass is 441 g/mol. The lowest BCUT2D eigenvalue weighted by atomic mass is 9.95. The summed E-state index contributed by atoms with van der Waals surface area (Å²) in [6.07, 6.45) is 14.3. The highest BCUT2D eigenvalue weighted by Crippen LogP contribution is 2.37. The molecule has 0 bridgehead atoms. The van der Waals surface area contributed by atoms with Gasteiger partial charge in [-0.05, 0) is 56.0 Å². The van der Waals surface area contributed by atoms with Crippen LogP contribution in [0.1, 0.15) is 47.3 Å². The molecule has 0 aliphatic heterocycles. The zero-order chi connectivity index (χ0) is 23.4. The molecule has 33 heavy (non-hydrogen) atoms. The Morgan fingerprint density at radius 1 is 1.21 bits per heavy atom. The van der Waals surface area contributed by atoms with E-state index in [0.29, 0.717) is 37.1 Å². The van der Waals surface area contributed by atoms with E-state index in [1.807, 2.05) is 44.3 Å². The molecule has 0 amide bonds. The van der Waals surface area contributed by atoms with E-state index in [0.717, 1.165) is 33.4 Å². The van der Waals surface area contributed by atoms with Crippen molar-refractivity contribution in [3.8, 4) is 16.9 Å². The second kappa shape index (κ2) is 9.77. The summed E-state index contributed by atoms with van der Waals surface area (Å²) in [6.45, 7) is 4.46. The number of ether oxygens (including phenoxy) is 1. The molecule has 0 fully saturated rings. The Morgan fingerprint density at radius 3 is 2.73 bits per heavy atom. The van der Waals surface area contributed by atoms with Crippen molar-refractivity contribution in [1.82, 2.24) is 14.5 Å². The molecule has 0 atom stereocenters. The topological polar surface area (TPSA) is 74.1 Å². The van der Waals surface area contributed by atoms with Gasteiger partial charge >= 0.3 is 0 Å². The number of carbonyl (C=O) groups is 1. The predicted octanol–water partition coefficient (Wildman–Crippen LogP) is 4.66. The molecule has 1 aliphatic rings. The van der Waals surface area contributed by atoms with E-state index in [1.165, 1.54) is 6.33 Å². The molecule has 0 saturated heterocycles. The Morgan fingerprint density at radius 2 is 2.00 bits per heavy atom. The summed E-state index contributed by atoms with van der Waals surface area (Å²) in [5, 5.41) is 0.